The average molecular weight is 404 g/mol. The molecule has 0 bridgehead atoms. The molecule has 1 amide bonds. The molecule has 0 fully saturated rings. The molecule has 2 aromatic rings. The molecule has 0 aliphatic carbocycles. The van der Waals surface area contributed by atoms with Crippen LogP contribution < -0.4 is 19.1 Å². The summed E-state index contributed by atoms with van der Waals surface area (Å²) in [5.74, 6) is 1.55. The van der Waals surface area contributed by atoms with Crippen LogP contribution in [0.5, 0.6) is 17.2 Å². The molecule has 1 aliphatic heterocycles. The van der Waals surface area contributed by atoms with Crippen molar-refractivity contribution < 1.29 is 19.0 Å². The van der Waals surface area contributed by atoms with Crippen LogP contribution in [0.2, 0.25) is 0 Å². The molecule has 1 aliphatic rings. The molecule has 3 rings (SSSR count). The van der Waals surface area contributed by atoms with Crippen molar-refractivity contribution in [2.24, 2.45) is 0 Å². The van der Waals surface area contributed by atoms with Crippen molar-refractivity contribution in [3.63, 3.8) is 0 Å². The number of benzene rings is 2. The summed E-state index contributed by atoms with van der Waals surface area (Å²) in [4.78, 5) is 14.3. The quantitative estimate of drug-likeness (QED) is 0.724. The molecule has 5 nitrogen and oxygen atoms in total. The predicted octanol–water partition coefficient (Wildman–Crippen LogP) is 3.99. The van der Waals surface area contributed by atoms with Gasteiger partial charge in [-0.05, 0) is 42.0 Å². The molecule has 0 aromatic heterocycles. The molecule has 0 saturated carbocycles. The van der Waals surface area contributed by atoms with Crippen LogP contribution in [0.15, 0.2) is 34.8 Å². The molecule has 6 heteroatoms. The molecule has 25 heavy (non-hydrogen) atoms. The van der Waals surface area contributed by atoms with E-state index in [1.807, 2.05) is 36.4 Å². The van der Waals surface area contributed by atoms with Crippen molar-refractivity contribution in [2.75, 3.05) is 33.3 Å². The van der Waals surface area contributed by atoms with E-state index in [2.05, 4.69) is 15.9 Å². The first-order valence-electron chi connectivity index (χ1n) is 7.59. The highest BCUT2D eigenvalue weighted by atomic mass is 79.9. The van der Waals surface area contributed by atoms with Crippen molar-refractivity contribution >= 4 is 39.2 Å². The van der Waals surface area contributed by atoms with Gasteiger partial charge in [0.15, 0.2) is 11.5 Å². The Morgan fingerprint density at radius 2 is 1.64 bits per heavy atom. The van der Waals surface area contributed by atoms with E-state index >= 15 is 0 Å². The molecule has 0 spiro atoms. The first kappa shape index (κ1) is 17.4. The molecule has 2 aromatic carbocycles. The largest absolute Gasteiger partial charge is 0.493 e. The molecule has 0 unspecified atom stereocenters. The van der Waals surface area contributed by atoms with Gasteiger partial charge in [-0.1, -0.05) is 15.9 Å². The number of halogens is 1. The third-order valence-corrected chi connectivity index (χ3v) is 4.64. The number of fused-ring (bicyclic) bond motifs is 1. The standard InChI is InChI=1S/C19H18BrNO4/c1-21-15-6-5-12(20)10-13(15)14(19(21)22)7-11-8-16(23-2)18(25-4)17(9-11)24-3/h5-10H,1-4H3/b14-7+. The first-order valence-corrected chi connectivity index (χ1v) is 8.39. The maximum Gasteiger partial charge on any atom is 0.258 e. The second-order valence-corrected chi connectivity index (χ2v) is 6.46. The third kappa shape index (κ3) is 2.98. The summed E-state index contributed by atoms with van der Waals surface area (Å²) in [6.45, 7) is 0. The summed E-state index contributed by atoms with van der Waals surface area (Å²) in [5.41, 5.74) is 3.18. The molecule has 0 saturated heterocycles. The molecule has 0 N–H and O–H groups in total. The van der Waals surface area contributed by atoms with Gasteiger partial charge in [0.25, 0.3) is 5.91 Å². The number of nitrogens with zero attached hydrogens (tertiary/aromatic N) is 1. The Labute approximate surface area is 154 Å². The van der Waals surface area contributed by atoms with Crippen molar-refractivity contribution in [2.45, 2.75) is 0 Å². The number of hydrogen-bond acceptors (Lipinski definition) is 4. The monoisotopic (exact) mass is 403 g/mol. The topological polar surface area (TPSA) is 48.0 Å². The Morgan fingerprint density at radius 3 is 2.20 bits per heavy atom. The van der Waals surface area contributed by atoms with Gasteiger partial charge in [-0.3, -0.25) is 4.79 Å². The van der Waals surface area contributed by atoms with E-state index in [-0.39, 0.29) is 5.91 Å². The average Bonchev–Trinajstić information content (AvgIpc) is 2.85. The van der Waals surface area contributed by atoms with E-state index in [0.29, 0.717) is 22.8 Å². The SMILES string of the molecule is COc1cc(/C=C2/C(=O)N(C)c3ccc(Br)cc32)cc(OC)c1OC. The molecule has 0 radical (unpaired) electrons. The highest BCUT2D eigenvalue weighted by molar-refractivity contribution is 9.10. The lowest BCUT2D eigenvalue weighted by Gasteiger charge is -2.13. The Hall–Kier alpha value is -2.47. The lowest BCUT2D eigenvalue weighted by Crippen LogP contribution is -2.20. The Kier molecular flexibility index (Phi) is 4.72. The first-order chi connectivity index (χ1) is 12.0. The number of hydrogen-bond donors (Lipinski definition) is 0. The molecular weight excluding hydrogens is 386 g/mol. The molecule has 130 valence electrons. The number of anilines is 1. The summed E-state index contributed by atoms with van der Waals surface area (Å²) in [6, 6.07) is 9.42. The number of ether oxygens (including phenoxy) is 3. The fourth-order valence-corrected chi connectivity index (χ4v) is 3.27. The van der Waals surface area contributed by atoms with E-state index < -0.39 is 0 Å². The Bertz CT molecular complexity index is 851. The highest BCUT2D eigenvalue weighted by Gasteiger charge is 2.29. The molecule has 1 heterocycles. The predicted molar refractivity (Wildman–Crippen MR) is 102 cm³/mol. The minimum Gasteiger partial charge on any atom is -0.493 e. The van der Waals surface area contributed by atoms with Gasteiger partial charge in [0.05, 0.1) is 27.0 Å². The van der Waals surface area contributed by atoms with Gasteiger partial charge in [-0.2, -0.15) is 0 Å². The second-order valence-electron chi connectivity index (χ2n) is 5.54. The van der Waals surface area contributed by atoms with E-state index in [0.717, 1.165) is 21.3 Å². The van der Waals surface area contributed by atoms with Gasteiger partial charge in [0.2, 0.25) is 5.75 Å². The molecule has 0 atom stereocenters. The highest BCUT2D eigenvalue weighted by Crippen LogP contribution is 2.42. The summed E-state index contributed by atoms with van der Waals surface area (Å²) >= 11 is 3.47. The van der Waals surface area contributed by atoms with Crippen molar-refractivity contribution in [1.82, 2.24) is 0 Å². The van der Waals surface area contributed by atoms with Crippen molar-refractivity contribution in [3.8, 4) is 17.2 Å². The third-order valence-electron chi connectivity index (χ3n) is 4.14. The van der Waals surface area contributed by atoms with E-state index in [1.165, 1.54) is 0 Å². The van der Waals surface area contributed by atoms with Crippen LogP contribution in [-0.2, 0) is 4.79 Å². The van der Waals surface area contributed by atoms with Crippen LogP contribution in [0.1, 0.15) is 11.1 Å². The smallest absolute Gasteiger partial charge is 0.258 e. The van der Waals surface area contributed by atoms with Crippen LogP contribution >= 0.6 is 15.9 Å². The Morgan fingerprint density at radius 1 is 1.00 bits per heavy atom. The van der Waals surface area contributed by atoms with Gasteiger partial charge in [-0.15, -0.1) is 0 Å². The Balaban J connectivity index is 2.16. The van der Waals surface area contributed by atoms with Gasteiger partial charge in [-0.25, -0.2) is 0 Å². The minimum atomic E-state index is -0.0538. The number of methoxy groups -OCH3 is 3. The summed E-state index contributed by atoms with van der Waals surface area (Å²) in [6.07, 6.45) is 1.83. The van der Waals surface area contributed by atoms with E-state index in [9.17, 15) is 4.79 Å². The number of likely N-dealkylation sites (N-methyl/N-ethyl adjacent to an activating group) is 1. The van der Waals surface area contributed by atoms with E-state index in [4.69, 9.17) is 14.2 Å². The van der Waals surface area contributed by atoms with Gasteiger partial charge < -0.3 is 19.1 Å². The zero-order valence-electron chi connectivity index (χ0n) is 14.4. The van der Waals surface area contributed by atoms with Crippen LogP contribution in [0.3, 0.4) is 0 Å². The fourth-order valence-electron chi connectivity index (χ4n) is 2.91. The van der Waals surface area contributed by atoms with Crippen molar-refractivity contribution in [1.29, 1.82) is 0 Å². The maximum atomic E-state index is 12.7. The number of carbonyl (C=O) groups is 1. The zero-order valence-corrected chi connectivity index (χ0v) is 16.0. The lowest BCUT2D eigenvalue weighted by atomic mass is 10.0. The van der Waals surface area contributed by atoms with Gasteiger partial charge in [0, 0.05) is 22.7 Å². The zero-order chi connectivity index (χ0) is 18.1. The second kappa shape index (κ2) is 6.80. The van der Waals surface area contributed by atoms with Gasteiger partial charge >= 0.3 is 0 Å². The van der Waals surface area contributed by atoms with Crippen LogP contribution in [0.4, 0.5) is 5.69 Å². The summed E-state index contributed by atoms with van der Waals surface area (Å²) < 4.78 is 17.0. The molecular formula is C19H18BrNO4. The number of rotatable bonds is 4. The van der Waals surface area contributed by atoms with E-state index in [1.54, 1.807) is 33.3 Å². The van der Waals surface area contributed by atoms with Crippen LogP contribution in [0.25, 0.3) is 11.6 Å². The maximum absolute atomic E-state index is 12.7. The lowest BCUT2D eigenvalue weighted by molar-refractivity contribution is -0.112. The van der Waals surface area contributed by atoms with Crippen LogP contribution in [0, 0.1) is 0 Å². The number of carbonyl (C=O) groups excluding carboxylic acids is 1. The van der Waals surface area contributed by atoms with Crippen LogP contribution in [-0.4, -0.2) is 34.3 Å². The number of amides is 1. The summed E-state index contributed by atoms with van der Waals surface area (Å²) in [7, 11) is 6.46. The summed E-state index contributed by atoms with van der Waals surface area (Å²) in [5, 5.41) is 0. The fraction of sp³-hybridized carbons (Fsp3) is 0.211. The van der Waals surface area contributed by atoms with Crippen molar-refractivity contribution in [3.05, 3.63) is 45.9 Å². The minimum absolute atomic E-state index is 0.0538. The normalized spacial score (nSPS) is 14.7. The van der Waals surface area contributed by atoms with Gasteiger partial charge in [0.1, 0.15) is 0 Å².